The Hall–Kier alpha value is -3.16. The van der Waals surface area contributed by atoms with Gasteiger partial charge in [0.1, 0.15) is 5.01 Å². The molecule has 0 saturated heterocycles. The molecule has 0 saturated carbocycles. The van der Waals surface area contributed by atoms with Crippen molar-refractivity contribution in [2.24, 2.45) is 0 Å². The summed E-state index contributed by atoms with van der Waals surface area (Å²) >= 11 is 3.31. The van der Waals surface area contributed by atoms with Crippen molar-refractivity contribution in [1.82, 2.24) is 9.88 Å². The summed E-state index contributed by atoms with van der Waals surface area (Å²) in [6.45, 7) is 0.721. The number of thiophene rings is 1. The van der Waals surface area contributed by atoms with Gasteiger partial charge in [-0.25, -0.2) is 4.98 Å². The van der Waals surface area contributed by atoms with E-state index in [4.69, 9.17) is 14.5 Å². The number of thiazole rings is 1. The highest BCUT2D eigenvalue weighted by Crippen LogP contribution is 2.38. The van der Waals surface area contributed by atoms with Crippen LogP contribution in [0.5, 0.6) is 11.5 Å². The molecule has 2 aromatic carbocycles. The van der Waals surface area contributed by atoms with Crippen molar-refractivity contribution >= 4 is 28.6 Å². The number of carbonyl (C=O) groups is 1. The molecule has 0 bridgehead atoms. The van der Waals surface area contributed by atoms with Gasteiger partial charge in [-0.1, -0.05) is 30.3 Å². The molecular weight excluding hydrogens is 452 g/mol. The fraction of sp³-hybridized carbons (Fsp3) is 0.231. The van der Waals surface area contributed by atoms with Crippen LogP contribution in [-0.2, 0) is 17.6 Å². The summed E-state index contributed by atoms with van der Waals surface area (Å²) < 4.78 is 10.7. The van der Waals surface area contributed by atoms with Crippen molar-refractivity contribution < 1.29 is 14.3 Å². The van der Waals surface area contributed by atoms with Crippen LogP contribution in [0.25, 0.3) is 10.6 Å². The maximum absolute atomic E-state index is 13.5. The average Bonchev–Trinajstić information content (AvgIpc) is 3.53. The van der Waals surface area contributed by atoms with Gasteiger partial charge in [-0.2, -0.15) is 0 Å². The quantitative estimate of drug-likeness (QED) is 0.363. The van der Waals surface area contributed by atoms with Crippen LogP contribution in [-0.4, -0.2) is 36.6 Å². The molecule has 0 N–H and O–H groups in total. The molecule has 168 valence electrons. The first-order chi connectivity index (χ1) is 16.2. The Balaban J connectivity index is 1.38. The van der Waals surface area contributed by atoms with Gasteiger partial charge < -0.3 is 14.4 Å². The Morgan fingerprint density at radius 3 is 2.67 bits per heavy atom. The summed E-state index contributed by atoms with van der Waals surface area (Å²) in [7, 11) is 3.24. The van der Waals surface area contributed by atoms with Crippen LogP contribution >= 0.6 is 22.7 Å². The first kappa shape index (κ1) is 21.7. The Labute approximate surface area is 201 Å². The van der Waals surface area contributed by atoms with Crippen molar-refractivity contribution in [1.29, 1.82) is 0 Å². The lowest BCUT2D eigenvalue weighted by Gasteiger charge is -2.36. The van der Waals surface area contributed by atoms with Crippen LogP contribution in [0.2, 0.25) is 0 Å². The van der Waals surface area contributed by atoms with Crippen LogP contribution in [0.1, 0.15) is 27.7 Å². The summed E-state index contributed by atoms with van der Waals surface area (Å²) in [6.07, 6.45) is 1.18. The predicted molar refractivity (Wildman–Crippen MR) is 132 cm³/mol. The number of ether oxygens (including phenoxy) is 2. The van der Waals surface area contributed by atoms with Crippen LogP contribution in [0.4, 0.5) is 0 Å². The van der Waals surface area contributed by atoms with Gasteiger partial charge in [0.05, 0.1) is 32.4 Å². The maximum atomic E-state index is 13.5. The minimum atomic E-state index is -0.0438. The molecule has 1 unspecified atom stereocenters. The van der Waals surface area contributed by atoms with Crippen molar-refractivity contribution in [2.45, 2.75) is 18.9 Å². The number of benzene rings is 2. The number of hydrogen-bond donors (Lipinski definition) is 0. The van der Waals surface area contributed by atoms with E-state index in [1.807, 2.05) is 46.7 Å². The fourth-order valence-corrected chi connectivity index (χ4v) is 6.05. The van der Waals surface area contributed by atoms with Gasteiger partial charge in [0.2, 0.25) is 5.91 Å². The molecule has 5 rings (SSSR count). The molecule has 7 heteroatoms. The molecule has 0 aliphatic carbocycles. The molecule has 0 fully saturated rings. The number of rotatable bonds is 6. The van der Waals surface area contributed by atoms with Gasteiger partial charge in [-0.05, 0) is 47.2 Å². The molecule has 3 heterocycles. The lowest BCUT2D eigenvalue weighted by molar-refractivity contribution is -0.132. The minimum Gasteiger partial charge on any atom is -0.493 e. The van der Waals surface area contributed by atoms with Gasteiger partial charge in [-0.3, -0.25) is 4.79 Å². The highest BCUT2D eigenvalue weighted by molar-refractivity contribution is 7.13. The Morgan fingerprint density at radius 1 is 1.06 bits per heavy atom. The molecule has 0 radical (unpaired) electrons. The zero-order chi connectivity index (χ0) is 22.8. The van der Waals surface area contributed by atoms with Gasteiger partial charge in [0, 0.05) is 22.4 Å². The molecule has 1 aliphatic rings. The van der Waals surface area contributed by atoms with Gasteiger partial charge in [0.25, 0.3) is 0 Å². The molecule has 33 heavy (non-hydrogen) atoms. The molecule has 1 aliphatic heterocycles. The van der Waals surface area contributed by atoms with Gasteiger partial charge in [0.15, 0.2) is 11.5 Å². The topological polar surface area (TPSA) is 51.7 Å². The minimum absolute atomic E-state index is 0.0438. The molecule has 5 nitrogen and oxygen atoms in total. The Bertz CT molecular complexity index is 1270. The molecule has 1 amide bonds. The van der Waals surface area contributed by atoms with Gasteiger partial charge >= 0.3 is 0 Å². The second kappa shape index (κ2) is 9.37. The number of hydrogen-bond acceptors (Lipinski definition) is 6. The summed E-state index contributed by atoms with van der Waals surface area (Å²) in [6, 6.07) is 18.2. The van der Waals surface area contributed by atoms with E-state index in [9.17, 15) is 4.79 Å². The van der Waals surface area contributed by atoms with Crippen molar-refractivity contribution in [2.75, 3.05) is 20.8 Å². The average molecular weight is 477 g/mol. The third kappa shape index (κ3) is 4.26. The monoisotopic (exact) mass is 476 g/mol. The Kier molecular flexibility index (Phi) is 6.15. The standard InChI is InChI=1S/C26H24N2O3S2/c1-30-21-9-8-18(14-22(21)31-2)26-27-19(16-33-26)15-24(29)28-12-10-23-20(11-13-32-23)25(28)17-6-4-3-5-7-17/h3-9,11,13-14,16,25H,10,12,15H2,1-2H3. The molecule has 2 aromatic heterocycles. The lowest BCUT2D eigenvalue weighted by atomic mass is 9.93. The number of aromatic nitrogens is 1. The van der Waals surface area contributed by atoms with E-state index in [1.54, 1.807) is 25.6 Å². The predicted octanol–water partition coefficient (Wildman–Crippen LogP) is 5.61. The third-order valence-corrected chi connectivity index (χ3v) is 7.85. The molecule has 0 spiro atoms. The van der Waals surface area contributed by atoms with E-state index in [1.165, 1.54) is 21.8 Å². The van der Waals surface area contributed by atoms with Crippen LogP contribution in [0.3, 0.4) is 0 Å². The number of amides is 1. The van der Waals surface area contributed by atoms with E-state index in [0.29, 0.717) is 11.5 Å². The molecular formula is C26H24N2O3S2. The van der Waals surface area contributed by atoms with Crippen molar-refractivity contribution in [3.63, 3.8) is 0 Å². The van der Waals surface area contributed by atoms with E-state index < -0.39 is 0 Å². The summed E-state index contributed by atoms with van der Waals surface area (Å²) in [4.78, 5) is 21.6. The summed E-state index contributed by atoms with van der Waals surface area (Å²) in [5.41, 5.74) is 4.13. The van der Waals surface area contributed by atoms with Crippen molar-refractivity contribution in [3.05, 3.63) is 87.1 Å². The first-order valence-corrected chi connectivity index (χ1v) is 12.5. The van der Waals surface area contributed by atoms with E-state index in [0.717, 1.165) is 34.8 Å². The summed E-state index contributed by atoms with van der Waals surface area (Å²) in [5, 5.41) is 4.96. The third-order valence-electron chi connectivity index (χ3n) is 5.92. The maximum Gasteiger partial charge on any atom is 0.229 e. The summed E-state index contributed by atoms with van der Waals surface area (Å²) in [5.74, 6) is 1.44. The van der Waals surface area contributed by atoms with E-state index in [-0.39, 0.29) is 18.4 Å². The van der Waals surface area contributed by atoms with Crippen LogP contribution in [0.15, 0.2) is 65.4 Å². The number of nitrogens with zero attached hydrogens (tertiary/aromatic N) is 2. The second-order valence-corrected chi connectivity index (χ2v) is 9.70. The van der Waals surface area contributed by atoms with E-state index in [2.05, 4.69) is 23.6 Å². The smallest absolute Gasteiger partial charge is 0.229 e. The second-order valence-electron chi connectivity index (χ2n) is 7.84. The van der Waals surface area contributed by atoms with Crippen LogP contribution in [0, 0.1) is 0 Å². The highest BCUT2D eigenvalue weighted by atomic mass is 32.1. The normalized spacial score (nSPS) is 15.2. The zero-order valence-corrected chi connectivity index (χ0v) is 20.1. The lowest BCUT2D eigenvalue weighted by Crippen LogP contribution is -2.40. The van der Waals surface area contributed by atoms with Gasteiger partial charge in [-0.15, -0.1) is 22.7 Å². The number of methoxy groups -OCH3 is 2. The van der Waals surface area contributed by atoms with Crippen LogP contribution < -0.4 is 9.47 Å². The largest absolute Gasteiger partial charge is 0.493 e. The zero-order valence-electron chi connectivity index (χ0n) is 18.5. The van der Waals surface area contributed by atoms with Crippen molar-refractivity contribution in [3.8, 4) is 22.1 Å². The highest BCUT2D eigenvalue weighted by Gasteiger charge is 2.32. The number of fused-ring (bicyclic) bond motifs is 1. The Morgan fingerprint density at radius 2 is 1.88 bits per heavy atom. The number of carbonyl (C=O) groups excluding carboxylic acids is 1. The molecule has 4 aromatic rings. The molecule has 1 atom stereocenters. The fourth-order valence-electron chi connectivity index (χ4n) is 4.33. The SMILES string of the molecule is COc1ccc(-c2nc(CC(=O)N3CCc4sccc4C3c3ccccc3)cs2)cc1OC. The first-order valence-electron chi connectivity index (χ1n) is 10.8. The van der Waals surface area contributed by atoms with E-state index >= 15 is 0 Å².